The van der Waals surface area contributed by atoms with E-state index in [1.165, 1.54) is 19.3 Å². The first-order chi connectivity index (χ1) is 11.3. The number of likely N-dealkylation sites (tertiary alicyclic amines) is 2. The number of nitrogens with zero attached hydrogens (tertiary/aromatic N) is 4. The molecule has 4 rings (SSSR count). The average Bonchev–Trinajstić information content (AvgIpc) is 3.24. The smallest absolute Gasteiger partial charge is 0.274 e. The first-order valence-electron chi connectivity index (χ1n) is 8.69. The Labute approximate surface area is 136 Å². The fraction of sp³-hybridized carbons (Fsp3) is 0.706. The van der Waals surface area contributed by atoms with Crippen LogP contribution in [0.15, 0.2) is 18.6 Å². The number of rotatable bonds is 3. The summed E-state index contributed by atoms with van der Waals surface area (Å²) in [5, 5.41) is 0. The number of ether oxygens (including phenoxy) is 1. The van der Waals surface area contributed by atoms with Crippen LogP contribution in [0.5, 0.6) is 0 Å². The molecule has 3 fully saturated rings. The topological polar surface area (TPSA) is 58.6 Å². The third-order valence-electron chi connectivity index (χ3n) is 5.44. The van der Waals surface area contributed by atoms with Gasteiger partial charge in [-0.05, 0) is 37.6 Å². The zero-order valence-corrected chi connectivity index (χ0v) is 13.4. The Balaban J connectivity index is 1.35. The molecule has 0 N–H and O–H groups in total. The van der Waals surface area contributed by atoms with Gasteiger partial charge in [-0.15, -0.1) is 0 Å². The van der Waals surface area contributed by atoms with E-state index in [0.29, 0.717) is 23.6 Å². The van der Waals surface area contributed by atoms with Crippen LogP contribution in [0.2, 0.25) is 0 Å². The standard InChI is InChI=1S/C17H24N4O2/c22-17(16-8-18-4-5-19-16)21-10-13-3-6-20(9-14(13)11-21)12-15-2-1-7-23-15/h4-5,8,13-15H,1-3,6-7,9-12H2/t13-,14+,15?/m0/s1. The highest BCUT2D eigenvalue weighted by Crippen LogP contribution is 2.32. The van der Waals surface area contributed by atoms with Crippen LogP contribution in [0.1, 0.15) is 29.8 Å². The molecule has 0 saturated carbocycles. The van der Waals surface area contributed by atoms with E-state index in [9.17, 15) is 4.79 Å². The lowest BCUT2D eigenvalue weighted by atomic mass is 9.88. The number of amides is 1. The van der Waals surface area contributed by atoms with Crippen LogP contribution in [0.4, 0.5) is 0 Å². The van der Waals surface area contributed by atoms with Crippen molar-refractivity contribution in [1.82, 2.24) is 19.8 Å². The number of carbonyl (C=O) groups excluding carboxylic acids is 1. The van der Waals surface area contributed by atoms with Gasteiger partial charge >= 0.3 is 0 Å². The van der Waals surface area contributed by atoms with Gasteiger partial charge in [0, 0.05) is 45.2 Å². The number of hydrogen-bond donors (Lipinski definition) is 0. The molecule has 0 bridgehead atoms. The number of piperidine rings is 1. The van der Waals surface area contributed by atoms with E-state index in [0.717, 1.165) is 39.3 Å². The first-order valence-corrected chi connectivity index (χ1v) is 8.69. The van der Waals surface area contributed by atoms with Crippen LogP contribution in [0.3, 0.4) is 0 Å². The largest absolute Gasteiger partial charge is 0.377 e. The number of fused-ring (bicyclic) bond motifs is 1. The Morgan fingerprint density at radius 3 is 2.91 bits per heavy atom. The van der Waals surface area contributed by atoms with Gasteiger partial charge in [0.2, 0.25) is 0 Å². The van der Waals surface area contributed by atoms with E-state index >= 15 is 0 Å². The molecule has 3 atom stereocenters. The van der Waals surface area contributed by atoms with E-state index in [-0.39, 0.29) is 5.91 Å². The van der Waals surface area contributed by atoms with E-state index in [1.807, 2.05) is 4.90 Å². The van der Waals surface area contributed by atoms with Crippen molar-refractivity contribution < 1.29 is 9.53 Å². The predicted octanol–water partition coefficient (Wildman–Crippen LogP) is 1.05. The maximum absolute atomic E-state index is 12.5. The Hall–Kier alpha value is -1.53. The molecule has 1 amide bonds. The Morgan fingerprint density at radius 2 is 2.13 bits per heavy atom. The molecule has 0 radical (unpaired) electrons. The van der Waals surface area contributed by atoms with E-state index in [2.05, 4.69) is 14.9 Å². The lowest BCUT2D eigenvalue weighted by Gasteiger charge is -2.35. The van der Waals surface area contributed by atoms with Crippen molar-refractivity contribution in [2.24, 2.45) is 11.8 Å². The second-order valence-corrected chi connectivity index (χ2v) is 7.00. The molecule has 3 saturated heterocycles. The fourth-order valence-corrected chi connectivity index (χ4v) is 4.22. The minimum atomic E-state index is 0.0261. The van der Waals surface area contributed by atoms with Crippen LogP contribution in [0.25, 0.3) is 0 Å². The van der Waals surface area contributed by atoms with Gasteiger partial charge in [0.25, 0.3) is 5.91 Å². The van der Waals surface area contributed by atoms with Crippen molar-refractivity contribution in [1.29, 1.82) is 0 Å². The monoisotopic (exact) mass is 316 g/mol. The highest BCUT2D eigenvalue weighted by atomic mass is 16.5. The van der Waals surface area contributed by atoms with E-state index in [1.54, 1.807) is 18.6 Å². The SMILES string of the molecule is O=C(c1cnccn1)N1C[C@H]2CN(CC3CCCO3)CC[C@H]2C1. The third kappa shape index (κ3) is 3.23. The summed E-state index contributed by atoms with van der Waals surface area (Å²) >= 11 is 0. The molecule has 3 aliphatic rings. The lowest BCUT2D eigenvalue weighted by molar-refractivity contribution is 0.0506. The van der Waals surface area contributed by atoms with Gasteiger partial charge < -0.3 is 14.5 Å². The van der Waals surface area contributed by atoms with Crippen molar-refractivity contribution in [2.45, 2.75) is 25.4 Å². The molecule has 0 aliphatic carbocycles. The molecular weight excluding hydrogens is 292 g/mol. The maximum atomic E-state index is 12.5. The molecule has 23 heavy (non-hydrogen) atoms. The van der Waals surface area contributed by atoms with Gasteiger partial charge in [0.1, 0.15) is 5.69 Å². The summed E-state index contributed by atoms with van der Waals surface area (Å²) in [6.07, 6.45) is 8.75. The van der Waals surface area contributed by atoms with Gasteiger partial charge in [-0.1, -0.05) is 0 Å². The van der Waals surface area contributed by atoms with Crippen molar-refractivity contribution in [3.05, 3.63) is 24.3 Å². The third-order valence-corrected chi connectivity index (χ3v) is 5.44. The Morgan fingerprint density at radius 1 is 1.22 bits per heavy atom. The zero-order valence-electron chi connectivity index (χ0n) is 13.4. The normalized spacial score (nSPS) is 31.3. The van der Waals surface area contributed by atoms with Crippen LogP contribution in [0, 0.1) is 11.8 Å². The highest BCUT2D eigenvalue weighted by molar-refractivity contribution is 5.92. The van der Waals surface area contributed by atoms with Gasteiger partial charge in [0.05, 0.1) is 12.3 Å². The summed E-state index contributed by atoms with van der Waals surface area (Å²) in [4.78, 5) is 25.2. The molecule has 0 spiro atoms. The molecule has 0 aromatic carbocycles. The summed E-state index contributed by atoms with van der Waals surface area (Å²) in [7, 11) is 0. The molecule has 124 valence electrons. The van der Waals surface area contributed by atoms with Gasteiger partial charge in [-0.3, -0.25) is 9.78 Å². The number of hydrogen-bond acceptors (Lipinski definition) is 5. The van der Waals surface area contributed by atoms with Crippen molar-refractivity contribution >= 4 is 5.91 Å². The van der Waals surface area contributed by atoms with Gasteiger partial charge in [0.15, 0.2) is 0 Å². The van der Waals surface area contributed by atoms with Crippen molar-refractivity contribution in [3.63, 3.8) is 0 Å². The summed E-state index contributed by atoms with van der Waals surface area (Å²) < 4.78 is 5.76. The highest BCUT2D eigenvalue weighted by Gasteiger charge is 2.39. The number of aromatic nitrogens is 2. The average molecular weight is 316 g/mol. The minimum Gasteiger partial charge on any atom is -0.377 e. The van der Waals surface area contributed by atoms with Crippen LogP contribution in [-0.2, 0) is 4.74 Å². The molecule has 1 aromatic heterocycles. The van der Waals surface area contributed by atoms with E-state index in [4.69, 9.17) is 4.74 Å². The molecule has 6 nitrogen and oxygen atoms in total. The second kappa shape index (κ2) is 6.53. The van der Waals surface area contributed by atoms with Crippen molar-refractivity contribution in [3.8, 4) is 0 Å². The van der Waals surface area contributed by atoms with Gasteiger partial charge in [-0.25, -0.2) is 4.98 Å². The quantitative estimate of drug-likeness (QED) is 0.834. The Kier molecular flexibility index (Phi) is 4.27. The van der Waals surface area contributed by atoms with Crippen LogP contribution < -0.4 is 0 Å². The summed E-state index contributed by atoms with van der Waals surface area (Å²) in [5.74, 6) is 1.25. The molecule has 6 heteroatoms. The summed E-state index contributed by atoms with van der Waals surface area (Å²) in [6.45, 7) is 5.92. The van der Waals surface area contributed by atoms with Crippen LogP contribution >= 0.6 is 0 Å². The molecule has 1 unspecified atom stereocenters. The number of carbonyl (C=O) groups is 1. The first kappa shape index (κ1) is 15.0. The minimum absolute atomic E-state index is 0.0261. The maximum Gasteiger partial charge on any atom is 0.274 e. The lowest BCUT2D eigenvalue weighted by Crippen LogP contribution is -2.43. The predicted molar refractivity (Wildman–Crippen MR) is 84.9 cm³/mol. The second-order valence-electron chi connectivity index (χ2n) is 7.00. The summed E-state index contributed by atoms with van der Waals surface area (Å²) in [5.41, 5.74) is 0.461. The molecule has 1 aromatic rings. The van der Waals surface area contributed by atoms with Crippen molar-refractivity contribution in [2.75, 3.05) is 39.3 Å². The zero-order chi connectivity index (χ0) is 15.6. The molecule has 3 aliphatic heterocycles. The summed E-state index contributed by atoms with van der Waals surface area (Å²) in [6, 6.07) is 0. The Bertz CT molecular complexity index is 547. The fourth-order valence-electron chi connectivity index (χ4n) is 4.22. The molecular formula is C17H24N4O2. The van der Waals surface area contributed by atoms with Crippen LogP contribution in [-0.4, -0.2) is 71.1 Å². The molecule has 4 heterocycles. The van der Waals surface area contributed by atoms with Gasteiger partial charge in [-0.2, -0.15) is 0 Å². The van der Waals surface area contributed by atoms with E-state index < -0.39 is 0 Å².